The maximum absolute atomic E-state index is 12.4. The zero-order valence-corrected chi connectivity index (χ0v) is 9.42. The van der Waals surface area contributed by atoms with Gasteiger partial charge in [0.1, 0.15) is 0 Å². The van der Waals surface area contributed by atoms with Gasteiger partial charge in [0, 0.05) is 18.8 Å². The molecule has 0 aliphatic rings. The first kappa shape index (κ1) is 11.7. The Balaban J connectivity index is 2.39. The maximum Gasteiger partial charge on any atom is 0.416 e. The number of halogens is 3. The molecule has 2 rings (SSSR count). The van der Waals surface area contributed by atoms with E-state index in [1.54, 1.807) is 11.7 Å². The SMILES string of the molecule is Cc1cn(C)nc1-c1ccc(C(F)(F)F)cc1. The fraction of sp³-hybridized carbons (Fsp3) is 0.250. The molecule has 2 aromatic rings. The standard InChI is InChI=1S/C12H11F3N2/c1-8-7-17(2)16-11(8)9-3-5-10(6-4-9)12(13,14)15/h3-7H,1-2H3. The number of aryl methyl sites for hydroxylation is 2. The molecule has 0 aliphatic carbocycles. The van der Waals surface area contributed by atoms with Crippen LogP contribution >= 0.6 is 0 Å². The van der Waals surface area contributed by atoms with Gasteiger partial charge in [-0.2, -0.15) is 18.3 Å². The monoisotopic (exact) mass is 240 g/mol. The summed E-state index contributed by atoms with van der Waals surface area (Å²) < 4.78 is 38.8. The zero-order chi connectivity index (χ0) is 12.6. The van der Waals surface area contributed by atoms with Gasteiger partial charge in [-0.25, -0.2) is 0 Å². The van der Waals surface area contributed by atoms with Crippen molar-refractivity contribution in [1.82, 2.24) is 9.78 Å². The van der Waals surface area contributed by atoms with Crippen molar-refractivity contribution in [3.8, 4) is 11.3 Å². The molecule has 5 heteroatoms. The van der Waals surface area contributed by atoms with Crippen molar-refractivity contribution in [2.24, 2.45) is 7.05 Å². The maximum atomic E-state index is 12.4. The van der Waals surface area contributed by atoms with E-state index in [9.17, 15) is 13.2 Å². The number of hydrogen-bond acceptors (Lipinski definition) is 1. The van der Waals surface area contributed by atoms with E-state index in [0.29, 0.717) is 11.3 Å². The van der Waals surface area contributed by atoms with Crippen LogP contribution < -0.4 is 0 Å². The van der Waals surface area contributed by atoms with Crippen LogP contribution in [0.4, 0.5) is 13.2 Å². The smallest absolute Gasteiger partial charge is 0.275 e. The molecule has 0 bridgehead atoms. The Labute approximate surface area is 96.7 Å². The summed E-state index contributed by atoms with van der Waals surface area (Å²) in [4.78, 5) is 0. The topological polar surface area (TPSA) is 17.8 Å². The van der Waals surface area contributed by atoms with Gasteiger partial charge >= 0.3 is 6.18 Å². The molecule has 1 heterocycles. The summed E-state index contributed by atoms with van der Waals surface area (Å²) in [5.74, 6) is 0. The van der Waals surface area contributed by atoms with Crippen LogP contribution in [0.15, 0.2) is 30.5 Å². The second-order valence-electron chi connectivity index (χ2n) is 3.91. The number of benzene rings is 1. The average molecular weight is 240 g/mol. The predicted molar refractivity (Wildman–Crippen MR) is 58.4 cm³/mol. The minimum Gasteiger partial charge on any atom is -0.275 e. The molecule has 0 radical (unpaired) electrons. The zero-order valence-electron chi connectivity index (χ0n) is 9.42. The van der Waals surface area contributed by atoms with E-state index in [-0.39, 0.29) is 0 Å². The van der Waals surface area contributed by atoms with Gasteiger partial charge in [0.25, 0.3) is 0 Å². The molecule has 0 spiro atoms. The van der Waals surface area contributed by atoms with Crippen molar-refractivity contribution in [2.45, 2.75) is 13.1 Å². The summed E-state index contributed by atoms with van der Waals surface area (Å²) in [7, 11) is 1.78. The summed E-state index contributed by atoms with van der Waals surface area (Å²) in [6.07, 6.45) is -2.47. The number of rotatable bonds is 1. The number of nitrogens with zero attached hydrogens (tertiary/aromatic N) is 2. The Morgan fingerprint density at radius 1 is 1.12 bits per heavy atom. The lowest BCUT2D eigenvalue weighted by atomic mass is 10.1. The second kappa shape index (κ2) is 3.91. The largest absolute Gasteiger partial charge is 0.416 e. The van der Waals surface area contributed by atoms with Gasteiger partial charge in [0.15, 0.2) is 0 Å². The van der Waals surface area contributed by atoms with E-state index >= 15 is 0 Å². The van der Waals surface area contributed by atoms with Crippen molar-refractivity contribution in [2.75, 3.05) is 0 Å². The first-order valence-corrected chi connectivity index (χ1v) is 5.06. The number of alkyl halides is 3. The molecule has 90 valence electrons. The van der Waals surface area contributed by atoms with Crippen molar-refractivity contribution in [1.29, 1.82) is 0 Å². The lowest BCUT2D eigenvalue weighted by Gasteiger charge is -2.06. The third kappa shape index (κ3) is 2.33. The predicted octanol–water partition coefficient (Wildman–Crippen LogP) is 3.41. The van der Waals surface area contributed by atoms with Gasteiger partial charge in [0.2, 0.25) is 0 Å². The Morgan fingerprint density at radius 3 is 2.12 bits per heavy atom. The average Bonchev–Trinajstić information content (AvgIpc) is 2.57. The summed E-state index contributed by atoms with van der Waals surface area (Å²) in [5.41, 5.74) is 1.69. The molecule has 0 aliphatic heterocycles. The molecule has 17 heavy (non-hydrogen) atoms. The van der Waals surface area contributed by atoms with E-state index in [1.807, 2.05) is 13.1 Å². The molecule has 0 fully saturated rings. The van der Waals surface area contributed by atoms with Crippen LogP contribution in [0.3, 0.4) is 0 Å². The Kier molecular flexibility index (Phi) is 2.69. The molecule has 0 atom stereocenters. The lowest BCUT2D eigenvalue weighted by molar-refractivity contribution is -0.137. The molecule has 0 amide bonds. The molecule has 2 nitrogen and oxygen atoms in total. The fourth-order valence-corrected chi connectivity index (χ4v) is 1.71. The van der Waals surface area contributed by atoms with Crippen LogP contribution in [0.25, 0.3) is 11.3 Å². The minimum absolute atomic E-state index is 0.644. The van der Waals surface area contributed by atoms with E-state index in [0.717, 1.165) is 17.7 Å². The molecule has 0 unspecified atom stereocenters. The third-order valence-corrected chi connectivity index (χ3v) is 2.50. The van der Waals surface area contributed by atoms with Crippen molar-refractivity contribution < 1.29 is 13.2 Å². The van der Waals surface area contributed by atoms with Gasteiger partial charge < -0.3 is 0 Å². The first-order chi connectivity index (χ1) is 7.88. The van der Waals surface area contributed by atoms with Crippen molar-refractivity contribution in [3.05, 3.63) is 41.6 Å². The van der Waals surface area contributed by atoms with Crippen LogP contribution in [0, 0.1) is 6.92 Å². The quantitative estimate of drug-likeness (QED) is 0.746. The molecule has 1 aromatic carbocycles. The third-order valence-electron chi connectivity index (χ3n) is 2.50. The highest BCUT2D eigenvalue weighted by atomic mass is 19.4. The fourth-order valence-electron chi connectivity index (χ4n) is 1.71. The molecule has 0 N–H and O–H groups in total. The lowest BCUT2D eigenvalue weighted by Crippen LogP contribution is -2.04. The van der Waals surface area contributed by atoms with Gasteiger partial charge in [-0.1, -0.05) is 12.1 Å². The van der Waals surface area contributed by atoms with E-state index in [2.05, 4.69) is 5.10 Å². The van der Waals surface area contributed by atoms with Crippen LogP contribution in [0.2, 0.25) is 0 Å². The van der Waals surface area contributed by atoms with Crippen LogP contribution in [0.1, 0.15) is 11.1 Å². The van der Waals surface area contributed by atoms with Crippen molar-refractivity contribution >= 4 is 0 Å². The van der Waals surface area contributed by atoms with Crippen LogP contribution in [-0.4, -0.2) is 9.78 Å². The summed E-state index contributed by atoms with van der Waals surface area (Å²) in [6.45, 7) is 1.88. The Hall–Kier alpha value is -1.78. The van der Waals surface area contributed by atoms with Gasteiger partial charge in [-0.3, -0.25) is 4.68 Å². The molecule has 0 saturated heterocycles. The molecular formula is C12H11F3N2. The van der Waals surface area contributed by atoms with E-state index in [4.69, 9.17) is 0 Å². The van der Waals surface area contributed by atoms with E-state index < -0.39 is 11.7 Å². The first-order valence-electron chi connectivity index (χ1n) is 5.06. The Morgan fingerprint density at radius 2 is 1.71 bits per heavy atom. The second-order valence-corrected chi connectivity index (χ2v) is 3.91. The van der Waals surface area contributed by atoms with Gasteiger partial charge in [-0.05, 0) is 24.6 Å². The summed E-state index contributed by atoms with van der Waals surface area (Å²) in [6, 6.07) is 5.03. The normalized spacial score (nSPS) is 11.8. The molecule has 1 aromatic heterocycles. The van der Waals surface area contributed by atoms with Crippen LogP contribution in [-0.2, 0) is 13.2 Å². The highest BCUT2D eigenvalue weighted by molar-refractivity contribution is 5.62. The number of hydrogen-bond donors (Lipinski definition) is 0. The summed E-state index contributed by atoms with van der Waals surface area (Å²) >= 11 is 0. The van der Waals surface area contributed by atoms with Crippen molar-refractivity contribution in [3.63, 3.8) is 0 Å². The Bertz CT molecular complexity index is 524. The van der Waals surface area contributed by atoms with E-state index in [1.165, 1.54) is 12.1 Å². The molecular weight excluding hydrogens is 229 g/mol. The highest BCUT2D eigenvalue weighted by Crippen LogP contribution is 2.31. The van der Waals surface area contributed by atoms with Gasteiger partial charge in [0.05, 0.1) is 11.3 Å². The highest BCUT2D eigenvalue weighted by Gasteiger charge is 2.30. The molecule has 0 saturated carbocycles. The number of aromatic nitrogens is 2. The summed E-state index contributed by atoms with van der Waals surface area (Å²) in [5, 5.41) is 4.21. The minimum atomic E-state index is -4.29. The van der Waals surface area contributed by atoms with Crippen LogP contribution in [0.5, 0.6) is 0 Å². The van der Waals surface area contributed by atoms with Gasteiger partial charge in [-0.15, -0.1) is 0 Å².